The van der Waals surface area contributed by atoms with Crippen LogP contribution in [0.5, 0.6) is 0 Å². The first-order valence-corrected chi connectivity index (χ1v) is 9.47. The van der Waals surface area contributed by atoms with Crippen LogP contribution in [-0.4, -0.2) is 37.0 Å². The number of unbranched alkanes of at least 4 members (excludes halogenated alkanes) is 1. The Kier molecular flexibility index (Phi) is 8.72. The third kappa shape index (κ3) is 6.87. The van der Waals surface area contributed by atoms with Crippen molar-refractivity contribution in [1.82, 2.24) is 10.6 Å². The van der Waals surface area contributed by atoms with Crippen LogP contribution in [0.4, 0.5) is 0 Å². The molecule has 0 saturated heterocycles. The van der Waals surface area contributed by atoms with E-state index in [1.807, 2.05) is 24.3 Å². The van der Waals surface area contributed by atoms with E-state index in [2.05, 4.69) is 10.6 Å². The lowest BCUT2D eigenvalue weighted by Crippen LogP contribution is -2.42. The normalized spacial score (nSPS) is 11.3. The van der Waals surface area contributed by atoms with E-state index in [-0.39, 0.29) is 18.4 Å². The molecule has 0 saturated carbocycles. The summed E-state index contributed by atoms with van der Waals surface area (Å²) in [5.74, 6) is -0.879. The van der Waals surface area contributed by atoms with Gasteiger partial charge in [0.1, 0.15) is 6.04 Å². The molecule has 6 nitrogen and oxygen atoms in total. The molecule has 0 heterocycles. The summed E-state index contributed by atoms with van der Waals surface area (Å²) in [4.78, 5) is 36.5. The molecule has 2 amide bonds. The first-order chi connectivity index (χ1) is 13.6. The van der Waals surface area contributed by atoms with Crippen molar-refractivity contribution in [2.75, 3.05) is 13.2 Å². The molecule has 0 fully saturated rings. The summed E-state index contributed by atoms with van der Waals surface area (Å²) in [5, 5.41) is 5.59. The van der Waals surface area contributed by atoms with Crippen LogP contribution >= 0.6 is 0 Å². The summed E-state index contributed by atoms with van der Waals surface area (Å²) in [7, 11) is 0. The van der Waals surface area contributed by atoms with Gasteiger partial charge in [0.2, 0.25) is 0 Å². The van der Waals surface area contributed by atoms with Crippen molar-refractivity contribution < 1.29 is 19.1 Å². The molecule has 2 aromatic rings. The monoisotopic (exact) mass is 382 g/mol. The van der Waals surface area contributed by atoms with Crippen LogP contribution in [-0.2, 0) is 9.53 Å². The fraction of sp³-hybridized carbons (Fsp3) is 0.318. The number of carbonyl (C=O) groups excluding carboxylic acids is 3. The van der Waals surface area contributed by atoms with Gasteiger partial charge in [-0.2, -0.15) is 0 Å². The van der Waals surface area contributed by atoms with Gasteiger partial charge >= 0.3 is 5.97 Å². The number of esters is 1. The summed E-state index contributed by atoms with van der Waals surface area (Å²) < 4.78 is 5.07. The summed E-state index contributed by atoms with van der Waals surface area (Å²) in [6.07, 6.45) is 1.79. The van der Waals surface area contributed by atoms with Crippen molar-refractivity contribution in [2.24, 2.45) is 0 Å². The molecule has 148 valence electrons. The Bertz CT molecular complexity index is 763. The number of hydrogen-bond acceptors (Lipinski definition) is 4. The lowest BCUT2D eigenvalue weighted by Gasteiger charge is -2.17. The lowest BCUT2D eigenvalue weighted by molar-refractivity contribution is -0.145. The van der Waals surface area contributed by atoms with E-state index in [9.17, 15) is 14.4 Å². The molecule has 2 aromatic carbocycles. The highest BCUT2D eigenvalue weighted by Crippen LogP contribution is 2.06. The molecule has 1 atom stereocenters. The van der Waals surface area contributed by atoms with Gasteiger partial charge in [-0.15, -0.1) is 0 Å². The maximum atomic E-state index is 12.3. The Balaban J connectivity index is 1.79. The van der Waals surface area contributed by atoms with Gasteiger partial charge < -0.3 is 15.4 Å². The van der Waals surface area contributed by atoms with Gasteiger partial charge in [-0.25, -0.2) is 4.79 Å². The van der Waals surface area contributed by atoms with E-state index in [4.69, 9.17) is 4.74 Å². The second kappa shape index (κ2) is 11.5. The number of rotatable bonds is 10. The average molecular weight is 382 g/mol. The molecule has 0 radical (unpaired) electrons. The van der Waals surface area contributed by atoms with Crippen molar-refractivity contribution in [3.05, 3.63) is 71.8 Å². The Morgan fingerprint density at radius 1 is 0.857 bits per heavy atom. The number of amides is 2. The van der Waals surface area contributed by atoms with Gasteiger partial charge in [0.25, 0.3) is 11.8 Å². The molecule has 0 aromatic heterocycles. The van der Waals surface area contributed by atoms with E-state index in [0.29, 0.717) is 36.9 Å². The standard InChI is InChI=1S/C22H26N2O4/c1-2-28-22(27)19(24-21(26)18-13-7-4-8-14-18)15-9-10-16-23-20(25)17-11-5-3-6-12-17/h3-8,11-14,19H,2,9-10,15-16H2,1H3,(H,23,25)(H,24,26). The van der Waals surface area contributed by atoms with Crippen molar-refractivity contribution in [1.29, 1.82) is 0 Å². The molecule has 0 spiro atoms. The first kappa shape index (κ1) is 21.2. The predicted molar refractivity (Wildman–Crippen MR) is 107 cm³/mol. The van der Waals surface area contributed by atoms with Crippen LogP contribution in [0.15, 0.2) is 60.7 Å². The molecular weight excluding hydrogens is 356 g/mol. The summed E-state index contributed by atoms with van der Waals surface area (Å²) in [6, 6.07) is 17.0. The summed E-state index contributed by atoms with van der Waals surface area (Å²) >= 11 is 0. The average Bonchev–Trinajstić information content (AvgIpc) is 2.73. The largest absolute Gasteiger partial charge is 0.464 e. The lowest BCUT2D eigenvalue weighted by atomic mass is 10.1. The third-order valence-corrected chi connectivity index (χ3v) is 4.15. The van der Waals surface area contributed by atoms with E-state index in [1.165, 1.54) is 0 Å². The number of nitrogens with one attached hydrogen (secondary N) is 2. The molecule has 2 N–H and O–H groups in total. The minimum Gasteiger partial charge on any atom is -0.464 e. The van der Waals surface area contributed by atoms with E-state index in [1.54, 1.807) is 43.3 Å². The quantitative estimate of drug-likeness (QED) is 0.489. The van der Waals surface area contributed by atoms with Crippen LogP contribution in [0.3, 0.4) is 0 Å². The van der Waals surface area contributed by atoms with Crippen molar-refractivity contribution in [2.45, 2.75) is 32.2 Å². The van der Waals surface area contributed by atoms with Crippen LogP contribution < -0.4 is 10.6 Å². The molecule has 0 aliphatic carbocycles. The fourth-order valence-corrected chi connectivity index (χ4v) is 2.69. The molecule has 1 unspecified atom stereocenters. The maximum Gasteiger partial charge on any atom is 0.328 e. The highest BCUT2D eigenvalue weighted by molar-refractivity contribution is 5.96. The number of hydrogen-bond donors (Lipinski definition) is 2. The number of ether oxygens (including phenoxy) is 1. The van der Waals surface area contributed by atoms with Crippen LogP contribution in [0.1, 0.15) is 46.9 Å². The van der Waals surface area contributed by atoms with Gasteiger partial charge in [0.05, 0.1) is 6.61 Å². The predicted octanol–water partition coefficient (Wildman–Crippen LogP) is 2.95. The van der Waals surface area contributed by atoms with Gasteiger partial charge in [-0.3, -0.25) is 9.59 Å². The smallest absolute Gasteiger partial charge is 0.328 e. The van der Waals surface area contributed by atoms with Crippen LogP contribution in [0, 0.1) is 0 Å². The zero-order chi connectivity index (χ0) is 20.2. The van der Waals surface area contributed by atoms with Crippen molar-refractivity contribution >= 4 is 17.8 Å². The van der Waals surface area contributed by atoms with Gasteiger partial charge in [0.15, 0.2) is 0 Å². The molecule has 28 heavy (non-hydrogen) atoms. The third-order valence-electron chi connectivity index (χ3n) is 4.15. The topological polar surface area (TPSA) is 84.5 Å². The minimum atomic E-state index is -0.711. The Morgan fingerprint density at radius 2 is 1.43 bits per heavy atom. The second-order valence-electron chi connectivity index (χ2n) is 6.26. The zero-order valence-electron chi connectivity index (χ0n) is 16.0. The first-order valence-electron chi connectivity index (χ1n) is 9.47. The highest BCUT2D eigenvalue weighted by atomic mass is 16.5. The zero-order valence-corrected chi connectivity index (χ0v) is 16.0. The van der Waals surface area contributed by atoms with Crippen molar-refractivity contribution in [3.8, 4) is 0 Å². The summed E-state index contributed by atoms with van der Waals surface area (Å²) in [5.41, 5.74) is 1.11. The highest BCUT2D eigenvalue weighted by Gasteiger charge is 2.22. The molecule has 0 aliphatic rings. The van der Waals surface area contributed by atoms with E-state index < -0.39 is 12.0 Å². The molecular formula is C22H26N2O4. The van der Waals surface area contributed by atoms with Gasteiger partial charge in [-0.05, 0) is 50.5 Å². The fourth-order valence-electron chi connectivity index (χ4n) is 2.69. The van der Waals surface area contributed by atoms with Crippen LogP contribution in [0.25, 0.3) is 0 Å². The molecule has 2 rings (SSSR count). The Labute approximate surface area is 165 Å². The van der Waals surface area contributed by atoms with E-state index in [0.717, 1.165) is 0 Å². The van der Waals surface area contributed by atoms with Gasteiger partial charge in [-0.1, -0.05) is 36.4 Å². The van der Waals surface area contributed by atoms with E-state index >= 15 is 0 Å². The Morgan fingerprint density at radius 3 is 2.00 bits per heavy atom. The SMILES string of the molecule is CCOC(=O)C(CCCCNC(=O)c1ccccc1)NC(=O)c1ccccc1. The molecule has 6 heteroatoms. The molecule has 0 bridgehead atoms. The van der Waals surface area contributed by atoms with Crippen molar-refractivity contribution in [3.63, 3.8) is 0 Å². The van der Waals surface area contributed by atoms with Crippen LogP contribution in [0.2, 0.25) is 0 Å². The molecule has 0 aliphatic heterocycles. The minimum absolute atomic E-state index is 0.125. The maximum absolute atomic E-state index is 12.3. The Hall–Kier alpha value is -3.15. The number of benzene rings is 2. The second-order valence-corrected chi connectivity index (χ2v) is 6.26. The summed E-state index contributed by atoms with van der Waals surface area (Å²) in [6.45, 7) is 2.48. The number of carbonyl (C=O) groups is 3. The van der Waals surface area contributed by atoms with Gasteiger partial charge in [0, 0.05) is 17.7 Å².